The van der Waals surface area contributed by atoms with Crippen LogP contribution >= 0.6 is 0 Å². The Balaban J connectivity index is 1.94. The van der Waals surface area contributed by atoms with Gasteiger partial charge < -0.3 is 5.32 Å². The molecule has 1 N–H and O–H groups in total. The van der Waals surface area contributed by atoms with Crippen LogP contribution in [0.5, 0.6) is 0 Å². The number of rotatable bonds is 3. The maximum atomic E-state index is 13.1. The lowest BCUT2D eigenvalue weighted by molar-refractivity contribution is -0.162. The van der Waals surface area contributed by atoms with Crippen LogP contribution in [0.25, 0.3) is 11.0 Å². The monoisotopic (exact) mass is 445 g/mol. The highest BCUT2D eigenvalue weighted by Crippen LogP contribution is 2.41. The summed E-state index contributed by atoms with van der Waals surface area (Å²) in [6, 6.07) is 1.25. The molecule has 0 fully saturated rings. The highest BCUT2D eigenvalue weighted by Gasteiger charge is 2.43. The van der Waals surface area contributed by atoms with Crippen molar-refractivity contribution in [1.82, 2.24) is 14.8 Å². The van der Waals surface area contributed by atoms with Crippen molar-refractivity contribution in [3.05, 3.63) is 47.3 Å². The van der Waals surface area contributed by atoms with E-state index < -0.39 is 35.2 Å². The SMILES string of the molecule is Cc1nn(C)c2ncc(N(C=O)C(=O)Nc3ccc(C(F)(F)F)c(C(F)(F)F)c3)cc12. The van der Waals surface area contributed by atoms with Gasteiger partial charge in [-0.25, -0.2) is 14.7 Å². The number of hydrogen-bond donors (Lipinski definition) is 1. The standard InChI is InChI=1S/C18H13F6N5O2/c1-9-12-6-11(7-25-15(12)28(2)27-9)29(8-30)16(31)26-10-3-4-13(17(19,20)21)14(5-10)18(22,23)24/h3-8H,1-2H3,(H,26,31). The molecule has 0 radical (unpaired) electrons. The average Bonchev–Trinajstić information content (AvgIpc) is 2.94. The first-order valence-electron chi connectivity index (χ1n) is 8.46. The van der Waals surface area contributed by atoms with Crippen molar-refractivity contribution in [3.63, 3.8) is 0 Å². The number of amides is 3. The van der Waals surface area contributed by atoms with Gasteiger partial charge in [-0.3, -0.25) is 9.48 Å². The van der Waals surface area contributed by atoms with Crippen molar-refractivity contribution >= 4 is 34.8 Å². The Labute approximate surface area is 170 Å². The number of fused-ring (bicyclic) bond motifs is 1. The number of carbonyl (C=O) groups is 2. The molecule has 31 heavy (non-hydrogen) atoms. The lowest BCUT2D eigenvalue weighted by Gasteiger charge is -2.19. The Morgan fingerprint density at radius 3 is 2.32 bits per heavy atom. The van der Waals surface area contributed by atoms with Crippen LogP contribution in [0.3, 0.4) is 0 Å². The topological polar surface area (TPSA) is 80.1 Å². The van der Waals surface area contributed by atoms with Gasteiger partial charge in [-0.2, -0.15) is 31.4 Å². The fourth-order valence-corrected chi connectivity index (χ4v) is 2.94. The maximum Gasteiger partial charge on any atom is 0.417 e. The second-order valence-corrected chi connectivity index (χ2v) is 6.44. The lowest BCUT2D eigenvalue weighted by Crippen LogP contribution is -2.34. The van der Waals surface area contributed by atoms with Gasteiger partial charge in [0.25, 0.3) is 0 Å². The number of nitrogens with one attached hydrogen (secondary N) is 1. The first-order valence-corrected chi connectivity index (χ1v) is 8.46. The van der Waals surface area contributed by atoms with Gasteiger partial charge in [-0.15, -0.1) is 0 Å². The average molecular weight is 445 g/mol. The molecule has 7 nitrogen and oxygen atoms in total. The molecule has 1 aromatic carbocycles. The summed E-state index contributed by atoms with van der Waals surface area (Å²) in [6.45, 7) is 1.67. The van der Waals surface area contributed by atoms with Crippen LogP contribution in [-0.4, -0.2) is 27.2 Å². The third kappa shape index (κ3) is 4.29. The van der Waals surface area contributed by atoms with E-state index in [4.69, 9.17) is 0 Å². The molecule has 164 valence electrons. The van der Waals surface area contributed by atoms with Crippen LogP contribution in [0.2, 0.25) is 0 Å². The molecular weight excluding hydrogens is 432 g/mol. The first kappa shape index (κ1) is 22.1. The van der Waals surface area contributed by atoms with E-state index in [2.05, 4.69) is 10.1 Å². The summed E-state index contributed by atoms with van der Waals surface area (Å²) in [6.07, 6.45) is -9.29. The number of halogens is 6. The van der Waals surface area contributed by atoms with E-state index >= 15 is 0 Å². The highest BCUT2D eigenvalue weighted by molar-refractivity contribution is 6.12. The van der Waals surface area contributed by atoms with Crippen LogP contribution in [0.1, 0.15) is 16.8 Å². The van der Waals surface area contributed by atoms with E-state index in [1.54, 1.807) is 14.0 Å². The zero-order valence-corrected chi connectivity index (χ0v) is 15.8. The lowest BCUT2D eigenvalue weighted by atomic mass is 10.1. The summed E-state index contributed by atoms with van der Waals surface area (Å²) < 4.78 is 79.4. The summed E-state index contributed by atoms with van der Waals surface area (Å²) in [5.74, 6) is 0. The van der Waals surface area contributed by atoms with E-state index in [1.165, 1.54) is 16.9 Å². The van der Waals surface area contributed by atoms with Crippen LogP contribution in [0.4, 0.5) is 42.5 Å². The molecule has 0 unspecified atom stereocenters. The van der Waals surface area contributed by atoms with Crippen molar-refractivity contribution < 1.29 is 35.9 Å². The second kappa shape index (κ2) is 7.56. The Hall–Kier alpha value is -3.64. The number of imide groups is 1. The van der Waals surface area contributed by atoms with E-state index in [1.807, 2.05) is 5.32 Å². The molecule has 0 saturated heterocycles. The smallest absolute Gasteiger partial charge is 0.307 e. The third-order valence-corrected chi connectivity index (χ3v) is 4.33. The predicted octanol–water partition coefficient (Wildman–Crippen LogP) is 4.51. The number of benzene rings is 1. The number of hydrogen-bond acceptors (Lipinski definition) is 4. The molecule has 3 amide bonds. The number of urea groups is 1. The third-order valence-electron chi connectivity index (χ3n) is 4.33. The van der Waals surface area contributed by atoms with Crippen molar-refractivity contribution in [2.45, 2.75) is 19.3 Å². The van der Waals surface area contributed by atoms with Gasteiger partial charge in [0, 0.05) is 18.1 Å². The Bertz CT molecular complexity index is 1170. The second-order valence-electron chi connectivity index (χ2n) is 6.44. The fraction of sp³-hybridized carbons (Fsp3) is 0.222. The van der Waals surface area contributed by atoms with Crippen molar-refractivity contribution in [3.8, 4) is 0 Å². The fourth-order valence-electron chi connectivity index (χ4n) is 2.94. The maximum absolute atomic E-state index is 13.1. The van der Waals surface area contributed by atoms with Crippen molar-refractivity contribution in [2.75, 3.05) is 10.2 Å². The number of nitrogens with zero attached hydrogens (tertiary/aromatic N) is 4. The quantitative estimate of drug-likeness (QED) is 0.475. The first-order chi connectivity index (χ1) is 14.3. The molecule has 0 aliphatic heterocycles. The van der Waals surface area contributed by atoms with Gasteiger partial charge in [0.05, 0.1) is 28.7 Å². The molecule has 2 heterocycles. The zero-order chi connectivity index (χ0) is 23.1. The number of anilines is 2. The van der Waals surface area contributed by atoms with Gasteiger partial charge in [0.15, 0.2) is 5.65 Å². The van der Waals surface area contributed by atoms with Gasteiger partial charge in [-0.1, -0.05) is 0 Å². The molecule has 13 heteroatoms. The zero-order valence-electron chi connectivity index (χ0n) is 15.8. The van der Waals surface area contributed by atoms with Crippen LogP contribution in [0.15, 0.2) is 30.5 Å². The summed E-state index contributed by atoms with van der Waals surface area (Å²) in [7, 11) is 1.63. The Kier molecular flexibility index (Phi) is 5.38. The Morgan fingerprint density at radius 2 is 1.74 bits per heavy atom. The number of pyridine rings is 1. The molecule has 0 bridgehead atoms. The molecular formula is C18H13F6N5O2. The summed E-state index contributed by atoms with van der Waals surface area (Å²) >= 11 is 0. The molecule has 0 spiro atoms. The molecule has 2 aromatic heterocycles. The number of aromatic nitrogens is 3. The normalized spacial score (nSPS) is 12.1. The van der Waals surface area contributed by atoms with Gasteiger partial charge in [-0.05, 0) is 31.2 Å². The van der Waals surface area contributed by atoms with E-state index in [0.29, 0.717) is 27.7 Å². The summed E-state index contributed by atoms with van der Waals surface area (Å²) in [5.41, 5.74) is -3.44. The largest absolute Gasteiger partial charge is 0.417 e. The molecule has 3 aromatic rings. The predicted molar refractivity (Wildman–Crippen MR) is 97.3 cm³/mol. The molecule has 0 aliphatic rings. The molecule has 3 rings (SSSR count). The number of alkyl halides is 6. The van der Waals surface area contributed by atoms with Crippen LogP contribution < -0.4 is 10.2 Å². The highest BCUT2D eigenvalue weighted by atomic mass is 19.4. The van der Waals surface area contributed by atoms with Gasteiger partial charge in [0.2, 0.25) is 6.41 Å². The van der Waals surface area contributed by atoms with E-state index in [0.717, 1.165) is 0 Å². The van der Waals surface area contributed by atoms with Gasteiger partial charge >= 0.3 is 18.4 Å². The van der Waals surface area contributed by atoms with Crippen molar-refractivity contribution in [1.29, 1.82) is 0 Å². The molecule has 0 aliphatic carbocycles. The van der Waals surface area contributed by atoms with E-state index in [9.17, 15) is 35.9 Å². The van der Waals surface area contributed by atoms with Crippen molar-refractivity contribution in [2.24, 2.45) is 7.05 Å². The Morgan fingerprint density at radius 1 is 1.10 bits per heavy atom. The minimum Gasteiger partial charge on any atom is -0.307 e. The number of carbonyl (C=O) groups excluding carboxylic acids is 2. The summed E-state index contributed by atoms with van der Waals surface area (Å²) in [4.78, 5) is 28.5. The molecule has 0 saturated carbocycles. The van der Waals surface area contributed by atoms with Crippen LogP contribution in [-0.2, 0) is 24.2 Å². The minimum atomic E-state index is -5.32. The molecule has 0 atom stereocenters. The van der Waals surface area contributed by atoms with Gasteiger partial charge in [0.1, 0.15) is 0 Å². The minimum absolute atomic E-state index is 0.0148. The number of aryl methyl sites for hydroxylation is 2. The van der Waals surface area contributed by atoms with Crippen LogP contribution in [0, 0.1) is 6.92 Å². The van der Waals surface area contributed by atoms with E-state index in [-0.39, 0.29) is 24.2 Å². The summed E-state index contributed by atoms with van der Waals surface area (Å²) in [5, 5.41) is 6.65.